The summed E-state index contributed by atoms with van der Waals surface area (Å²) < 4.78 is 53.1. The first kappa shape index (κ1) is 17.4. The van der Waals surface area contributed by atoms with Gasteiger partial charge >= 0.3 is 0 Å². The fourth-order valence-corrected chi connectivity index (χ4v) is 1.93. The van der Waals surface area contributed by atoms with Crippen molar-refractivity contribution >= 4 is 11.6 Å². The monoisotopic (exact) mass is 306 g/mol. The molecule has 1 atom stereocenters. The Morgan fingerprint density at radius 2 is 1.67 bits per heavy atom. The Morgan fingerprint density at radius 3 is 2.05 bits per heavy atom. The quantitative estimate of drug-likeness (QED) is 0.663. The molecule has 0 saturated heterocycles. The summed E-state index contributed by atoms with van der Waals surface area (Å²) in [5, 5.41) is 1.88. The number of halogens is 4. The van der Waals surface area contributed by atoms with Crippen LogP contribution in [0.1, 0.15) is 27.2 Å². The standard InChI is InChI=1S/C14H18F4N2O/c1-14(2,3)5-7(6-19)13(21)20-12-10(17)8(15)4-9(16)11(12)18/h4,7H,5-6,19H2,1-3H3,(H,20,21). The van der Waals surface area contributed by atoms with Crippen molar-refractivity contribution in [2.75, 3.05) is 11.9 Å². The van der Waals surface area contributed by atoms with Gasteiger partial charge in [0.15, 0.2) is 23.3 Å². The topological polar surface area (TPSA) is 55.1 Å². The van der Waals surface area contributed by atoms with E-state index in [1.165, 1.54) is 0 Å². The van der Waals surface area contributed by atoms with Gasteiger partial charge in [0.1, 0.15) is 5.69 Å². The fraction of sp³-hybridized carbons (Fsp3) is 0.500. The Bertz CT molecular complexity index is 515. The highest BCUT2D eigenvalue weighted by Crippen LogP contribution is 2.27. The first-order valence-corrected chi connectivity index (χ1v) is 6.40. The number of amides is 1. The number of rotatable bonds is 4. The van der Waals surface area contributed by atoms with E-state index >= 15 is 0 Å². The Hall–Kier alpha value is -1.63. The number of nitrogens with one attached hydrogen (secondary N) is 1. The molecule has 1 unspecified atom stereocenters. The predicted molar refractivity (Wildman–Crippen MR) is 71.5 cm³/mol. The van der Waals surface area contributed by atoms with Crippen LogP contribution in [0.3, 0.4) is 0 Å². The zero-order valence-corrected chi connectivity index (χ0v) is 12.1. The van der Waals surface area contributed by atoms with E-state index in [4.69, 9.17) is 5.73 Å². The number of benzene rings is 1. The van der Waals surface area contributed by atoms with Gasteiger partial charge in [-0.25, -0.2) is 17.6 Å². The van der Waals surface area contributed by atoms with Gasteiger partial charge in [-0.05, 0) is 11.8 Å². The van der Waals surface area contributed by atoms with Crippen molar-refractivity contribution < 1.29 is 22.4 Å². The lowest BCUT2D eigenvalue weighted by molar-refractivity contribution is -0.120. The Labute approximate surface area is 120 Å². The van der Waals surface area contributed by atoms with Crippen LogP contribution < -0.4 is 11.1 Å². The second-order valence-electron chi connectivity index (χ2n) is 6.03. The van der Waals surface area contributed by atoms with Gasteiger partial charge in [-0.1, -0.05) is 20.8 Å². The van der Waals surface area contributed by atoms with Gasteiger partial charge < -0.3 is 11.1 Å². The van der Waals surface area contributed by atoms with Gasteiger partial charge in [0.05, 0.1) is 5.92 Å². The lowest BCUT2D eigenvalue weighted by Gasteiger charge is -2.24. The van der Waals surface area contributed by atoms with Crippen molar-refractivity contribution in [3.8, 4) is 0 Å². The highest BCUT2D eigenvalue weighted by atomic mass is 19.2. The van der Waals surface area contributed by atoms with Crippen LogP contribution in [0.5, 0.6) is 0 Å². The SMILES string of the molecule is CC(C)(C)CC(CN)C(=O)Nc1c(F)c(F)cc(F)c1F. The van der Waals surface area contributed by atoms with Crippen LogP contribution in [0.25, 0.3) is 0 Å². The Balaban J connectivity index is 3.03. The summed E-state index contributed by atoms with van der Waals surface area (Å²) in [7, 11) is 0. The zero-order chi connectivity index (χ0) is 16.4. The molecule has 0 radical (unpaired) electrons. The number of carbonyl (C=O) groups excluding carboxylic acids is 1. The van der Waals surface area contributed by atoms with Crippen molar-refractivity contribution in [2.24, 2.45) is 17.1 Å². The lowest BCUT2D eigenvalue weighted by atomic mass is 9.84. The summed E-state index contributed by atoms with van der Waals surface area (Å²) in [5.41, 5.74) is 4.10. The van der Waals surface area contributed by atoms with Crippen LogP contribution in [0, 0.1) is 34.6 Å². The largest absolute Gasteiger partial charge is 0.330 e. The highest BCUT2D eigenvalue weighted by Gasteiger charge is 2.27. The molecule has 0 aliphatic carbocycles. The molecule has 1 rings (SSSR count). The number of hydrogen-bond acceptors (Lipinski definition) is 2. The lowest BCUT2D eigenvalue weighted by Crippen LogP contribution is -2.33. The van der Waals surface area contributed by atoms with E-state index in [-0.39, 0.29) is 18.0 Å². The molecule has 0 aliphatic heterocycles. The Kier molecular flexibility index (Phi) is 5.33. The van der Waals surface area contributed by atoms with Crippen molar-refractivity contribution in [3.63, 3.8) is 0 Å². The molecule has 0 aromatic heterocycles. The number of hydrogen-bond donors (Lipinski definition) is 2. The van der Waals surface area contributed by atoms with E-state index in [0.717, 1.165) is 0 Å². The first-order valence-electron chi connectivity index (χ1n) is 6.40. The van der Waals surface area contributed by atoms with Crippen LogP contribution in [0.4, 0.5) is 23.2 Å². The van der Waals surface area contributed by atoms with Gasteiger partial charge in [-0.15, -0.1) is 0 Å². The molecule has 118 valence electrons. The molecule has 0 bridgehead atoms. The average molecular weight is 306 g/mol. The summed E-state index contributed by atoms with van der Waals surface area (Å²) in [6.07, 6.45) is 0.358. The average Bonchev–Trinajstić information content (AvgIpc) is 2.37. The van der Waals surface area contributed by atoms with Gasteiger partial charge in [0.25, 0.3) is 0 Å². The van der Waals surface area contributed by atoms with Crippen molar-refractivity contribution in [2.45, 2.75) is 27.2 Å². The van der Waals surface area contributed by atoms with Crippen LogP contribution in [0.15, 0.2) is 6.07 Å². The minimum absolute atomic E-state index is 0.0514. The molecular formula is C14H18F4N2O. The third-order valence-corrected chi connectivity index (χ3v) is 2.87. The number of nitrogens with two attached hydrogens (primary N) is 1. The van der Waals surface area contributed by atoms with E-state index in [0.29, 0.717) is 6.42 Å². The van der Waals surface area contributed by atoms with E-state index in [1.807, 2.05) is 26.1 Å². The van der Waals surface area contributed by atoms with E-state index in [2.05, 4.69) is 0 Å². The second kappa shape index (κ2) is 6.43. The summed E-state index contributed by atoms with van der Waals surface area (Å²) in [6, 6.07) is 0.0793. The van der Waals surface area contributed by atoms with Crippen LogP contribution in [0.2, 0.25) is 0 Å². The second-order valence-corrected chi connectivity index (χ2v) is 6.03. The Morgan fingerprint density at radius 1 is 1.19 bits per heavy atom. The van der Waals surface area contributed by atoms with Crippen molar-refractivity contribution in [1.82, 2.24) is 0 Å². The molecule has 1 aromatic carbocycles. The number of carbonyl (C=O) groups is 1. The maximum absolute atomic E-state index is 13.5. The minimum Gasteiger partial charge on any atom is -0.330 e. The van der Waals surface area contributed by atoms with Gasteiger partial charge in [0.2, 0.25) is 5.91 Å². The van der Waals surface area contributed by atoms with Crippen LogP contribution >= 0.6 is 0 Å². The van der Waals surface area contributed by atoms with E-state index in [9.17, 15) is 22.4 Å². The molecule has 3 N–H and O–H groups in total. The van der Waals surface area contributed by atoms with Gasteiger partial charge in [-0.3, -0.25) is 4.79 Å². The normalized spacial score (nSPS) is 13.1. The molecule has 0 saturated carbocycles. The smallest absolute Gasteiger partial charge is 0.228 e. The fourth-order valence-electron chi connectivity index (χ4n) is 1.93. The third kappa shape index (κ3) is 4.42. The molecular weight excluding hydrogens is 288 g/mol. The molecule has 0 spiro atoms. The van der Waals surface area contributed by atoms with Gasteiger partial charge in [0, 0.05) is 12.6 Å². The molecule has 7 heteroatoms. The molecule has 1 amide bonds. The molecule has 0 heterocycles. The van der Waals surface area contributed by atoms with Crippen molar-refractivity contribution in [3.05, 3.63) is 29.3 Å². The summed E-state index contributed by atoms with van der Waals surface area (Å²) in [4.78, 5) is 12.0. The predicted octanol–water partition coefficient (Wildman–Crippen LogP) is 3.19. The molecule has 1 aromatic rings. The molecule has 21 heavy (non-hydrogen) atoms. The summed E-state index contributed by atoms with van der Waals surface area (Å²) in [5.74, 6) is -7.96. The van der Waals surface area contributed by atoms with Crippen molar-refractivity contribution in [1.29, 1.82) is 0 Å². The van der Waals surface area contributed by atoms with E-state index < -0.39 is 40.8 Å². The number of anilines is 1. The summed E-state index contributed by atoms with van der Waals surface area (Å²) >= 11 is 0. The zero-order valence-electron chi connectivity index (χ0n) is 12.1. The molecule has 0 aliphatic rings. The summed E-state index contributed by atoms with van der Waals surface area (Å²) in [6.45, 7) is 5.55. The first-order chi connectivity index (χ1) is 9.56. The molecule has 0 fully saturated rings. The highest BCUT2D eigenvalue weighted by molar-refractivity contribution is 5.93. The maximum atomic E-state index is 13.5. The van der Waals surface area contributed by atoms with Gasteiger partial charge in [-0.2, -0.15) is 0 Å². The van der Waals surface area contributed by atoms with E-state index in [1.54, 1.807) is 0 Å². The van der Waals surface area contributed by atoms with Crippen LogP contribution in [-0.2, 0) is 4.79 Å². The maximum Gasteiger partial charge on any atom is 0.228 e. The van der Waals surface area contributed by atoms with Crippen LogP contribution in [-0.4, -0.2) is 12.5 Å². The minimum atomic E-state index is -1.64. The molecule has 3 nitrogen and oxygen atoms in total. The third-order valence-electron chi connectivity index (χ3n) is 2.87.